The second kappa shape index (κ2) is 5.89. The zero-order valence-electron chi connectivity index (χ0n) is 10.2. The third kappa shape index (κ3) is 2.95. The van der Waals surface area contributed by atoms with E-state index >= 15 is 0 Å². The maximum atomic E-state index is 12.8. The van der Waals surface area contributed by atoms with Crippen LogP contribution in [0.5, 0.6) is 0 Å². The lowest BCUT2D eigenvalue weighted by molar-refractivity contribution is -0.383. The lowest BCUT2D eigenvalue weighted by Crippen LogP contribution is -2.13. The van der Waals surface area contributed by atoms with Crippen molar-refractivity contribution in [3.63, 3.8) is 0 Å². The molecule has 2 aromatic rings. The molecule has 1 heterocycles. The summed E-state index contributed by atoms with van der Waals surface area (Å²) in [6, 6.07) is 5.74. The molecule has 0 bridgehead atoms. The van der Waals surface area contributed by atoms with E-state index in [4.69, 9.17) is 5.84 Å². The number of anilines is 2. The fourth-order valence-corrected chi connectivity index (χ4v) is 1.57. The van der Waals surface area contributed by atoms with E-state index in [2.05, 4.69) is 20.7 Å². The van der Waals surface area contributed by atoms with Crippen molar-refractivity contribution in [2.45, 2.75) is 6.54 Å². The van der Waals surface area contributed by atoms with Gasteiger partial charge in [-0.3, -0.25) is 10.1 Å². The number of benzene rings is 1. The molecule has 0 aliphatic heterocycles. The Balaban J connectivity index is 2.21. The molecule has 0 radical (unpaired) electrons. The molecule has 0 spiro atoms. The molecule has 2 rings (SSSR count). The van der Waals surface area contributed by atoms with Gasteiger partial charge in [0.2, 0.25) is 11.6 Å². The van der Waals surface area contributed by atoms with E-state index in [-0.39, 0.29) is 29.7 Å². The van der Waals surface area contributed by atoms with Crippen molar-refractivity contribution in [3.05, 3.63) is 52.1 Å². The second-order valence-electron chi connectivity index (χ2n) is 3.80. The predicted octanol–water partition coefficient (Wildman–Crippen LogP) is 1.42. The lowest BCUT2D eigenvalue weighted by Gasteiger charge is -2.08. The van der Waals surface area contributed by atoms with Crippen LogP contribution in [-0.4, -0.2) is 14.9 Å². The first kappa shape index (κ1) is 13.6. The van der Waals surface area contributed by atoms with Crippen molar-refractivity contribution < 1.29 is 9.31 Å². The van der Waals surface area contributed by atoms with Crippen LogP contribution in [0.1, 0.15) is 5.56 Å². The van der Waals surface area contributed by atoms with Crippen molar-refractivity contribution in [2.75, 3.05) is 10.7 Å². The van der Waals surface area contributed by atoms with Gasteiger partial charge >= 0.3 is 5.69 Å². The number of nitrogens with one attached hydrogen (secondary N) is 2. The monoisotopic (exact) mass is 278 g/mol. The zero-order valence-corrected chi connectivity index (χ0v) is 10.2. The van der Waals surface area contributed by atoms with E-state index in [1.54, 1.807) is 12.1 Å². The molecular weight excluding hydrogens is 267 g/mol. The van der Waals surface area contributed by atoms with Crippen LogP contribution in [0.3, 0.4) is 0 Å². The lowest BCUT2D eigenvalue weighted by atomic mass is 10.2. The number of rotatable bonds is 5. The Morgan fingerprint density at radius 2 is 1.90 bits per heavy atom. The first-order valence-electron chi connectivity index (χ1n) is 5.56. The Morgan fingerprint density at radius 1 is 1.25 bits per heavy atom. The van der Waals surface area contributed by atoms with Crippen LogP contribution < -0.4 is 16.6 Å². The highest BCUT2D eigenvalue weighted by molar-refractivity contribution is 5.68. The molecule has 0 atom stereocenters. The van der Waals surface area contributed by atoms with Crippen LogP contribution in [0.25, 0.3) is 0 Å². The van der Waals surface area contributed by atoms with Crippen molar-refractivity contribution in [1.29, 1.82) is 0 Å². The summed E-state index contributed by atoms with van der Waals surface area (Å²) in [6.07, 6.45) is 1.15. The molecule has 0 saturated heterocycles. The van der Waals surface area contributed by atoms with Gasteiger partial charge in [0.25, 0.3) is 0 Å². The van der Waals surface area contributed by atoms with Crippen molar-refractivity contribution in [1.82, 2.24) is 9.97 Å². The Morgan fingerprint density at radius 3 is 2.50 bits per heavy atom. The van der Waals surface area contributed by atoms with Gasteiger partial charge in [-0.25, -0.2) is 20.2 Å². The van der Waals surface area contributed by atoms with Crippen LogP contribution in [0.4, 0.5) is 21.7 Å². The van der Waals surface area contributed by atoms with Gasteiger partial charge in [0, 0.05) is 6.54 Å². The molecule has 0 aliphatic carbocycles. The Labute approximate surface area is 113 Å². The van der Waals surface area contributed by atoms with Crippen LogP contribution in [-0.2, 0) is 6.54 Å². The Kier molecular flexibility index (Phi) is 4.01. The van der Waals surface area contributed by atoms with Crippen molar-refractivity contribution >= 4 is 17.3 Å². The fraction of sp³-hybridized carbons (Fsp3) is 0.0909. The molecule has 104 valence electrons. The SMILES string of the molecule is NNc1ncnc(NCc2ccc(F)cc2)c1[N+](=O)[O-]. The summed E-state index contributed by atoms with van der Waals surface area (Å²) >= 11 is 0. The molecule has 0 aliphatic rings. The van der Waals surface area contributed by atoms with E-state index in [1.165, 1.54) is 12.1 Å². The number of nitro groups is 1. The zero-order chi connectivity index (χ0) is 14.5. The Hall–Kier alpha value is -2.81. The summed E-state index contributed by atoms with van der Waals surface area (Å²) in [7, 11) is 0. The number of hydrogen-bond acceptors (Lipinski definition) is 7. The molecule has 20 heavy (non-hydrogen) atoms. The summed E-state index contributed by atoms with van der Waals surface area (Å²) < 4.78 is 12.8. The average molecular weight is 278 g/mol. The number of hydrogen-bond donors (Lipinski definition) is 3. The normalized spacial score (nSPS) is 10.1. The van der Waals surface area contributed by atoms with E-state index in [1.807, 2.05) is 0 Å². The smallest absolute Gasteiger partial charge is 0.354 e. The Bertz CT molecular complexity index is 619. The molecule has 0 unspecified atom stereocenters. The van der Waals surface area contributed by atoms with E-state index < -0.39 is 4.92 Å². The maximum Gasteiger partial charge on any atom is 0.354 e. The van der Waals surface area contributed by atoms with Gasteiger partial charge in [-0.2, -0.15) is 0 Å². The molecule has 1 aromatic carbocycles. The highest BCUT2D eigenvalue weighted by atomic mass is 19.1. The summed E-state index contributed by atoms with van der Waals surface area (Å²) in [6.45, 7) is 0.252. The van der Waals surface area contributed by atoms with Crippen LogP contribution in [0, 0.1) is 15.9 Å². The molecule has 1 aromatic heterocycles. The molecule has 0 amide bonds. The summed E-state index contributed by atoms with van der Waals surface area (Å²) in [4.78, 5) is 17.8. The van der Waals surface area contributed by atoms with Crippen molar-refractivity contribution in [2.24, 2.45) is 5.84 Å². The molecule has 9 heteroatoms. The summed E-state index contributed by atoms with van der Waals surface area (Å²) in [5.74, 6) is 4.76. The van der Waals surface area contributed by atoms with Gasteiger partial charge in [0.15, 0.2) is 0 Å². The summed E-state index contributed by atoms with van der Waals surface area (Å²) in [5.41, 5.74) is 2.54. The number of aromatic nitrogens is 2. The molecule has 4 N–H and O–H groups in total. The van der Waals surface area contributed by atoms with Gasteiger partial charge in [0.1, 0.15) is 12.1 Å². The van der Waals surface area contributed by atoms with Gasteiger partial charge in [-0.15, -0.1) is 0 Å². The molecule has 8 nitrogen and oxygen atoms in total. The number of nitrogens with two attached hydrogens (primary N) is 1. The largest absolute Gasteiger partial charge is 0.360 e. The average Bonchev–Trinajstić information content (AvgIpc) is 2.46. The van der Waals surface area contributed by atoms with Crippen LogP contribution in [0.2, 0.25) is 0 Å². The minimum Gasteiger partial charge on any atom is -0.360 e. The first-order chi connectivity index (χ1) is 9.61. The quantitative estimate of drug-likeness (QED) is 0.430. The second-order valence-corrected chi connectivity index (χ2v) is 3.80. The highest BCUT2D eigenvalue weighted by Gasteiger charge is 2.22. The number of halogens is 1. The first-order valence-corrected chi connectivity index (χ1v) is 5.56. The summed E-state index contributed by atoms with van der Waals surface area (Å²) in [5, 5.41) is 13.8. The fourth-order valence-electron chi connectivity index (χ4n) is 1.57. The van der Waals surface area contributed by atoms with Gasteiger partial charge in [-0.1, -0.05) is 12.1 Å². The minimum atomic E-state index is -0.637. The van der Waals surface area contributed by atoms with Gasteiger partial charge in [0.05, 0.1) is 4.92 Å². The van der Waals surface area contributed by atoms with Crippen LogP contribution in [0.15, 0.2) is 30.6 Å². The van der Waals surface area contributed by atoms with Crippen LogP contribution >= 0.6 is 0 Å². The number of nitrogens with zero attached hydrogens (tertiary/aromatic N) is 3. The molecule has 0 saturated carbocycles. The third-order valence-corrected chi connectivity index (χ3v) is 2.51. The van der Waals surface area contributed by atoms with E-state index in [0.717, 1.165) is 11.9 Å². The topological polar surface area (TPSA) is 119 Å². The van der Waals surface area contributed by atoms with Gasteiger partial charge < -0.3 is 10.7 Å². The van der Waals surface area contributed by atoms with E-state index in [9.17, 15) is 14.5 Å². The molecular formula is C11H11FN6O2. The van der Waals surface area contributed by atoms with Crippen molar-refractivity contribution in [3.8, 4) is 0 Å². The standard InChI is InChI=1S/C11H11FN6O2/c12-8-3-1-7(2-4-8)5-14-10-9(18(19)20)11(17-13)16-6-15-10/h1-4,6H,5,13H2,(H2,14,15,16,17). The maximum absolute atomic E-state index is 12.8. The molecule has 0 fully saturated rings. The van der Waals surface area contributed by atoms with Gasteiger partial charge in [-0.05, 0) is 17.7 Å². The number of nitrogen functional groups attached to an aromatic ring is 1. The van der Waals surface area contributed by atoms with E-state index in [0.29, 0.717) is 0 Å². The predicted molar refractivity (Wildman–Crippen MR) is 70.2 cm³/mol. The minimum absolute atomic E-state index is 0.0299. The third-order valence-electron chi connectivity index (χ3n) is 2.51. The highest BCUT2D eigenvalue weighted by Crippen LogP contribution is 2.28. The number of hydrazine groups is 1.